The summed E-state index contributed by atoms with van der Waals surface area (Å²) < 4.78 is 30.7. The van der Waals surface area contributed by atoms with Crippen LogP contribution in [0.4, 0.5) is 8.78 Å². The van der Waals surface area contributed by atoms with Crippen molar-refractivity contribution in [2.45, 2.75) is 45.3 Å². The molecule has 0 unspecified atom stereocenters. The summed E-state index contributed by atoms with van der Waals surface area (Å²) in [5, 5.41) is 0. The zero-order chi connectivity index (χ0) is 22.9. The normalized spacial score (nSPS) is 13.8. The Hall–Kier alpha value is -3.55. The molecule has 0 atom stereocenters. The third kappa shape index (κ3) is 3.90. The van der Waals surface area contributed by atoms with Crippen molar-refractivity contribution in [3.05, 3.63) is 71.8 Å². The van der Waals surface area contributed by atoms with Crippen LogP contribution in [0.15, 0.2) is 54.6 Å². The number of imidazole rings is 2. The van der Waals surface area contributed by atoms with Gasteiger partial charge >= 0.3 is 6.55 Å². The first kappa shape index (κ1) is 21.3. The highest BCUT2D eigenvalue weighted by Crippen LogP contribution is 2.29. The topological polar surface area (TPSA) is 56.0 Å². The van der Waals surface area contributed by atoms with Crippen molar-refractivity contribution in [1.29, 1.82) is 0 Å². The number of fused-ring (bicyclic) bond motifs is 2. The lowest BCUT2D eigenvalue weighted by atomic mass is 10.1. The Morgan fingerprint density at radius 3 is 2.58 bits per heavy atom. The van der Waals surface area contributed by atoms with E-state index in [-0.39, 0.29) is 18.3 Å². The number of halogens is 2. The summed E-state index contributed by atoms with van der Waals surface area (Å²) in [5.74, 6) is 0.649. The molecule has 170 valence electrons. The van der Waals surface area contributed by atoms with Gasteiger partial charge in [-0.1, -0.05) is 48.9 Å². The lowest BCUT2D eigenvalue weighted by Gasteiger charge is -2.17. The van der Waals surface area contributed by atoms with Gasteiger partial charge in [0.1, 0.15) is 17.3 Å². The second-order valence-corrected chi connectivity index (χ2v) is 8.38. The van der Waals surface area contributed by atoms with Crippen LogP contribution in [0.25, 0.3) is 22.4 Å². The summed E-state index contributed by atoms with van der Waals surface area (Å²) in [5.41, 5.74) is 3.12. The number of carbonyl (C=O) groups is 1. The smallest absolute Gasteiger partial charge is 0.320 e. The number of aromatic nitrogens is 4. The van der Waals surface area contributed by atoms with Crippen molar-refractivity contribution < 1.29 is 13.6 Å². The van der Waals surface area contributed by atoms with Gasteiger partial charge in [0, 0.05) is 19.2 Å². The fourth-order valence-electron chi connectivity index (χ4n) is 4.59. The minimum Gasteiger partial charge on any atom is -0.333 e. The third-order valence-corrected chi connectivity index (χ3v) is 6.19. The zero-order valence-corrected chi connectivity index (χ0v) is 18.4. The van der Waals surface area contributed by atoms with Crippen LogP contribution in [0.2, 0.25) is 0 Å². The summed E-state index contributed by atoms with van der Waals surface area (Å²) in [7, 11) is 1.61. The molecule has 0 bridgehead atoms. The van der Waals surface area contributed by atoms with Crippen molar-refractivity contribution >= 4 is 16.9 Å². The van der Waals surface area contributed by atoms with Crippen LogP contribution < -0.4 is 0 Å². The Labute approximate surface area is 190 Å². The molecule has 1 aliphatic heterocycles. The highest BCUT2D eigenvalue weighted by molar-refractivity contribution is 5.94. The number of rotatable bonds is 5. The molecule has 0 aliphatic carbocycles. The average molecular weight is 450 g/mol. The molecule has 0 fully saturated rings. The highest BCUT2D eigenvalue weighted by Gasteiger charge is 2.27. The van der Waals surface area contributed by atoms with Gasteiger partial charge in [0.25, 0.3) is 5.91 Å². The van der Waals surface area contributed by atoms with Gasteiger partial charge in [-0.15, -0.1) is 0 Å². The molecule has 33 heavy (non-hydrogen) atoms. The SMILES string of the molecule is CN(Cc1nc2ccccc2n1C(F)F)C(=O)c1nc(-c2ccccc2)n2c1CCCCC2. The predicted molar refractivity (Wildman–Crippen MR) is 122 cm³/mol. The van der Waals surface area contributed by atoms with Crippen LogP contribution in [0, 0.1) is 0 Å². The predicted octanol–water partition coefficient (Wildman–Crippen LogP) is 5.29. The number of nitrogens with zero attached hydrogens (tertiary/aromatic N) is 5. The van der Waals surface area contributed by atoms with E-state index in [9.17, 15) is 13.6 Å². The monoisotopic (exact) mass is 449 g/mol. The Kier molecular flexibility index (Phi) is 5.66. The van der Waals surface area contributed by atoms with Crippen LogP contribution in [0.1, 0.15) is 47.8 Å². The standard InChI is InChI=1S/C25H25F2N5O/c1-30(16-21-28-18-12-7-8-13-19(18)32(21)25(26)27)24(33)22-20-14-6-3-9-15-31(20)23(29-22)17-10-4-2-5-11-17/h2,4-5,7-8,10-13,25H,3,6,9,14-16H2,1H3. The maximum Gasteiger partial charge on any atom is 0.320 e. The number of alkyl halides is 2. The first-order chi connectivity index (χ1) is 16.0. The molecule has 1 aliphatic rings. The Morgan fingerprint density at radius 2 is 1.79 bits per heavy atom. The molecule has 1 amide bonds. The van der Waals surface area contributed by atoms with E-state index >= 15 is 0 Å². The number of amides is 1. The maximum atomic E-state index is 13.8. The van der Waals surface area contributed by atoms with E-state index in [0.29, 0.717) is 16.7 Å². The van der Waals surface area contributed by atoms with E-state index in [0.717, 1.165) is 53.9 Å². The van der Waals surface area contributed by atoms with E-state index in [2.05, 4.69) is 9.55 Å². The Morgan fingerprint density at radius 1 is 1.03 bits per heavy atom. The molecule has 8 heteroatoms. The van der Waals surface area contributed by atoms with Crippen LogP contribution in [-0.2, 0) is 19.5 Å². The van der Waals surface area contributed by atoms with Crippen molar-refractivity contribution in [2.24, 2.45) is 0 Å². The average Bonchev–Trinajstić information content (AvgIpc) is 3.27. The second kappa shape index (κ2) is 8.77. The first-order valence-corrected chi connectivity index (χ1v) is 11.2. The number of hydrogen-bond donors (Lipinski definition) is 0. The molecule has 3 heterocycles. The fourth-order valence-corrected chi connectivity index (χ4v) is 4.59. The van der Waals surface area contributed by atoms with Gasteiger partial charge in [-0.25, -0.2) is 9.97 Å². The first-order valence-electron chi connectivity index (χ1n) is 11.2. The third-order valence-electron chi connectivity index (χ3n) is 6.19. The number of para-hydroxylation sites is 2. The minimum atomic E-state index is -2.75. The molecule has 0 saturated heterocycles. The summed E-state index contributed by atoms with van der Waals surface area (Å²) in [6, 6.07) is 16.6. The van der Waals surface area contributed by atoms with Crippen LogP contribution >= 0.6 is 0 Å². The molecule has 2 aromatic heterocycles. The quantitative estimate of drug-likeness (QED) is 0.416. The molecular weight excluding hydrogens is 424 g/mol. The van der Waals surface area contributed by atoms with Gasteiger partial charge in [-0.3, -0.25) is 9.36 Å². The lowest BCUT2D eigenvalue weighted by Crippen LogP contribution is -2.29. The van der Waals surface area contributed by atoms with Gasteiger partial charge in [0.15, 0.2) is 0 Å². The number of hydrogen-bond acceptors (Lipinski definition) is 3. The molecular formula is C25H25F2N5O. The fraction of sp³-hybridized carbons (Fsp3) is 0.320. The highest BCUT2D eigenvalue weighted by atomic mass is 19.3. The molecule has 0 saturated carbocycles. The van der Waals surface area contributed by atoms with Crippen molar-refractivity contribution in [3.63, 3.8) is 0 Å². The Balaban J connectivity index is 1.51. The van der Waals surface area contributed by atoms with E-state index in [1.54, 1.807) is 31.3 Å². The summed E-state index contributed by atoms with van der Waals surface area (Å²) in [4.78, 5) is 24.1. The molecule has 0 spiro atoms. The molecule has 2 aromatic carbocycles. The molecule has 4 aromatic rings. The van der Waals surface area contributed by atoms with Crippen LogP contribution in [0.5, 0.6) is 0 Å². The van der Waals surface area contributed by atoms with Gasteiger partial charge < -0.3 is 9.47 Å². The van der Waals surface area contributed by atoms with E-state index < -0.39 is 6.55 Å². The zero-order valence-electron chi connectivity index (χ0n) is 18.4. The van der Waals surface area contributed by atoms with Crippen molar-refractivity contribution in [2.75, 3.05) is 7.05 Å². The number of benzene rings is 2. The van der Waals surface area contributed by atoms with Gasteiger partial charge in [0.05, 0.1) is 23.3 Å². The largest absolute Gasteiger partial charge is 0.333 e. The molecule has 5 rings (SSSR count). The molecule has 6 nitrogen and oxygen atoms in total. The molecule has 0 N–H and O–H groups in total. The van der Waals surface area contributed by atoms with Gasteiger partial charge in [-0.05, 0) is 31.4 Å². The van der Waals surface area contributed by atoms with Crippen LogP contribution in [0.3, 0.4) is 0 Å². The number of carbonyl (C=O) groups excluding carboxylic acids is 1. The summed E-state index contributed by atoms with van der Waals surface area (Å²) in [6.45, 7) is -1.97. The van der Waals surface area contributed by atoms with Gasteiger partial charge in [-0.2, -0.15) is 8.78 Å². The summed E-state index contributed by atoms with van der Waals surface area (Å²) in [6.07, 6.45) is 3.89. The minimum absolute atomic E-state index is 0.0369. The lowest BCUT2D eigenvalue weighted by molar-refractivity contribution is 0.0644. The van der Waals surface area contributed by atoms with Gasteiger partial charge in [0.2, 0.25) is 0 Å². The van der Waals surface area contributed by atoms with E-state index in [1.807, 2.05) is 30.3 Å². The maximum absolute atomic E-state index is 13.8. The van der Waals surface area contributed by atoms with E-state index in [1.165, 1.54) is 4.90 Å². The van der Waals surface area contributed by atoms with Crippen molar-refractivity contribution in [3.8, 4) is 11.4 Å². The van der Waals surface area contributed by atoms with Crippen molar-refractivity contribution in [1.82, 2.24) is 24.0 Å². The second-order valence-electron chi connectivity index (χ2n) is 8.38. The van der Waals surface area contributed by atoms with E-state index in [4.69, 9.17) is 4.98 Å². The van der Waals surface area contributed by atoms with Crippen LogP contribution in [-0.4, -0.2) is 37.0 Å². The molecule has 0 radical (unpaired) electrons. The Bertz CT molecular complexity index is 1300. The summed E-state index contributed by atoms with van der Waals surface area (Å²) >= 11 is 0.